The number of ether oxygens (including phenoxy) is 2. The van der Waals surface area contributed by atoms with Gasteiger partial charge in [-0.2, -0.15) is 0 Å². The molecule has 0 radical (unpaired) electrons. The van der Waals surface area contributed by atoms with Crippen LogP contribution in [-0.2, 0) is 16.0 Å². The zero-order valence-corrected chi connectivity index (χ0v) is 15.4. The molecule has 1 heterocycles. The van der Waals surface area contributed by atoms with Gasteiger partial charge in [-0.15, -0.1) is 0 Å². The van der Waals surface area contributed by atoms with Gasteiger partial charge in [0.05, 0.1) is 30.3 Å². The zero-order chi connectivity index (χ0) is 19.4. The molecule has 0 aromatic heterocycles. The number of hydrogen-bond donors (Lipinski definition) is 2. The minimum Gasteiger partial charge on any atom is -0.489 e. The quantitative estimate of drug-likeness (QED) is 0.830. The Morgan fingerprint density at radius 1 is 1.15 bits per heavy atom. The SMILES string of the molecule is CC(=O)Nc1ccc(F)c(NC(=O)Cc2cc(Cl)c3c(c2)OCCCO3)c1. The van der Waals surface area contributed by atoms with E-state index in [2.05, 4.69) is 10.6 Å². The summed E-state index contributed by atoms with van der Waals surface area (Å²) in [7, 11) is 0. The van der Waals surface area contributed by atoms with E-state index in [0.29, 0.717) is 41.0 Å². The van der Waals surface area contributed by atoms with Gasteiger partial charge < -0.3 is 20.1 Å². The van der Waals surface area contributed by atoms with Gasteiger partial charge in [-0.25, -0.2) is 4.39 Å². The van der Waals surface area contributed by atoms with Crippen LogP contribution < -0.4 is 20.1 Å². The average molecular weight is 393 g/mol. The number of fused-ring (bicyclic) bond motifs is 1. The van der Waals surface area contributed by atoms with Gasteiger partial charge in [-0.1, -0.05) is 11.6 Å². The summed E-state index contributed by atoms with van der Waals surface area (Å²) < 4.78 is 25.1. The highest BCUT2D eigenvalue weighted by atomic mass is 35.5. The first-order valence-corrected chi connectivity index (χ1v) is 8.75. The number of amides is 2. The predicted octanol–water partition coefficient (Wildman–Crippen LogP) is 3.78. The Bertz CT molecular complexity index is 888. The fraction of sp³-hybridized carbons (Fsp3) is 0.263. The molecule has 0 saturated heterocycles. The molecule has 8 heteroatoms. The zero-order valence-electron chi connectivity index (χ0n) is 14.6. The van der Waals surface area contributed by atoms with Crippen LogP contribution >= 0.6 is 11.6 Å². The molecule has 0 fully saturated rings. The molecule has 2 N–H and O–H groups in total. The standard InChI is InChI=1S/C19H18ClFN2O4/c1-11(24)22-13-3-4-15(21)16(10-13)23-18(25)9-12-7-14(20)19-17(8-12)26-5-2-6-27-19/h3-4,7-8,10H,2,5-6,9H2,1H3,(H,22,24)(H,23,25). The van der Waals surface area contributed by atoms with E-state index in [1.165, 1.54) is 25.1 Å². The summed E-state index contributed by atoms with van der Waals surface area (Å²) in [6, 6.07) is 7.26. The molecule has 0 aliphatic carbocycles. The Kier molecular flexibility index (Phi) is 5.81. The number of carbonyl (C=O) groups excluding carboxylic acids is 2. The average Bonchev–Trinajstić information content (AvgIpc) is 2.83. The van der Waals surface area contributed by atoms with Crippen LogP contribution in [0.1, 0.15) is 18.9 Å². The predicted molar refractivity (Wildman–Crippen MR) is 100 cm³/mol. The summed E-state index contributed by atoms with van der Waals surface area (Å²) in [5, 5.41) is 5.40. The van der Waals surface area contributed by atoms with E-state index in [-0.39, 0.29) is 18.0 Å². The van der Waals surface area contributed by atoms with Gasteiger partial charge in [-0.05, 0) is 35.9 Å². The molecular formula is C19H18ClFN2O4. The molecule has 1 aliphatic rings. The van der Waals surface area contributed by atoms with E-state index >= 15 is 0 Å². The maximum atomic E-state index is 14.0. The lowest BCUT2D eigenvalue weighted by molar-refractivity contribution is -0.116. The van der Waals surface area contributed by atoms with Crippen LogP contribution in [0.15, 0.2) is 30.3 Å². The van der Waals surface area contributed by atoms with Gasteiger partial charge >= 0.3 is 0 Å². The van der Waals surface area contributed by atoms with E-state index in [1.54, 1.807) is 12.1 Å². The number of benzene rings is 2. The van der Waals surface area contributed by atoms with Crippen molar-refractivity contribution in [3.8, 4) is 11.5 Å². The molecular weight excluding hydrogens is 375 g/mol. The summed E-state index contributed by atoms with van der Waals surface area (Å²) in [6.45, 7) is 2.35. The Balaban J connectivity index is 1.74. The first-order chi connectivity index (χ1) is 12.9. The lowest BCUT2D eigenvalue weighted by Crippen LogP contribution is -2.16. The van der Waals surface area contributed by atoms with Crippen LogP contribution in [0.25, 0.3) is 0 Å². The normalized spacial score (nSPS) is 12.9. The van der Waals surface area contributed by atoms with Crippen molar-refractivity contribution in [3.05, 3.63) is 46.7 Å². The molecule has 0 bridgehead atoms. The fourth-order valence-electron chi connectivity index (χ4n) is 2.67. The van der Waals surface area contributed by atoms with Crippen molar-refractivity contribution < 1.29 is 23.5 Å². The van der Waals surface area contributed by atoms with Crippen molar-refractivity contribution in [3.63, 3.8) is 0 Å². The first-order valence-electron chi connectivity index (χ1n) is 8.37. The molecule has 3 rings (SSSR count). The summed E-state index contributed by atoms with van der Waals surface area (Å²) >= 11 is 6.22. The van der Waals surface area contributed by atoms with E-state index in [0.717, 1.165) is 6.42 Å². The third-order valence-electron chi connectivity index (χ3n) is 3.79. The number of nitrogens with one attached hydrogen (secondary N) is 2. The number of carbonyl (C=O) groups is 2. The molecule has 1 aliphatic heterocycles. The van der Waals surface area contributed by atoms with Crippen molar-refractivity contribution in [1.29, 1.82) is 0 Å². The molecule has 2 aromatic carbocycles. The molecule has 0 saturated carbocycles. The Morgan fingerprint density at radius 2 is 1.93 bits per heavy atom. The summed E-state index contributed by atoms with van der Waals surface area (Å²) in [5.41, 5.74) is 0.977. The van der Waals surface area contributed by atoms with E-state index in [1.807, 2.05) is 0 Å². The van der Waals surface area contributed by atoms with Crippen LogP contribution in [-0.4, -0.2) is 25.0 Å². The minimum absolute atomic E-state index is 0.0216. The van der Waals surface area contributed by atoms with Gasteiger partial charge in [0.2, 0.25) is 11.8 Å². The van der Waals surface area contributed by atoms with Gasteiger partial charge in [0.15, 0.2) is 11.5 Å². The van der Waals surface area contributed by atoms with Crippen molar-refractivity contribution in [2.24, 2.45) is 0 Å². The van der Waals surface area contributed by atoms with Crippen molar-refractivity contribution >= 4 is 34.8 Å². The smallest absolute Gasteiger partial charge is 0.228 e. The van der Waals surface area contributed by atoms with Gasteiger partial charge in [0.25, 0.3) is 0 Å². The van der Waals surface area contributed by atoms with E-state index in [9.17, 15) is 14.0 Å². The number of hydrogen-bond acceptors (Lipinski definition) is 4. The van der Waals surface area contributed by atoms with E-state index in [4.69, 9.17) is 21.1 Å². The van der Waals surface area contributed by atoms with Crippen molar-refractivity contribution in [1.82, 2.24) is 0 Å². The molecule has 2 aromatic rings. The highest BCUT2D eigenvalue weighted by Gasteiger charge is 2.17. The van der Waals surface area contributed by atoms with Crippen LogP contribution in [0.5, 0.6) is 11.5 Å². The molecule has 0 atom stereocenters. The second kappa shape index (κ2) is 8.26. The van der Waals surface area contributed by atoms with Crippen LogP contribution in [0, 0.1) is 5.82 Å². The van der Waals surface area contributed by atoms with Crippen LogP contribution in [0.2, 0.25) is 5.02 Å². The highest BCUT2D eigenvalue weighted by Crippen LogP contribution is 2.38. The Hall–Kier alpha value is -2.80. The minimum atomic E-state index is -0.603. The second-order valence-electron chi connectivity index (χ2n) is 6.06. The second-order valence-corrected chi connectivity index (χ2v) is 6.46. The monoisotopic (exact) mass is 392 g/mol. The number of halogens is 2. The highest BCUT2D eigenvalue weighted by molar-refractivity contribution is 6.32. The first kappa shape index (κ1) is 19.0. The topological polar surface area (TPSA) is 76.7 Å². The Morgan fingerprint density at radius 3 is 2.70 bits per heavy atom. The van der Waals surface area contributed by atoms with Gasteiger partial charge in [0, 0.05) is 19.0 Å². The van der Waals surface area contributed by atoms with Crippen LogP contribution in [0.3, 0.4) is 0 Å². The largest absolute Gasteiger partial charge is 0.489 e. The summed E-state index contributed by atoms with van der Waals surface area (Å²) in [6.07, 6.45) is 0.713. The third kappa shape index (κ3) is 4.89. The lowest BCUT2D eigenvalue weighted by atomic mass is 10.1. The Labute approximate surface area is 160 Å². The fourth-order valence-corrected chi connectivity index (χ4v) is 2.96. The maximum absolute atomic E-state index is 14.0. The lowest BCUT2D eigenvalue weighted by Gasteiger charge is -2.12. The molecule has 142 valence electrons. The maximum Gasteiger partial charge on any atom is 0.228 e. The molecule has 0 spiro atoms. The summed E-state index contributed by atoms with van der Waals surface area (Å²) in [5.74, 6) is -0.372. The molecule has 27 heavy (non-hydrogen) atoms. The van der Waals surface area contributed by atoms with E-state index < -0.39 is 11.7 Å². The van der Waals surface area contributed by atoms with Gasteiger partial charge in [-0.3, -0.25) is 9.59 Å². The van der Waals surface area contributed by atoms with Gasteiger partial charge in [0.1, 0.15) is 5.82 Å². The van der Waals surface area contributed by atoms with Crippen LogP contribution in [0.4, 0.5) is 15.8 Å². The molecule has 2 amide bonds. The van der Waals surface area contributed by atoms with Crippen molar-refractivity contribution in [2.75, 3.05) is 23.8 Å². The summed E-state index contributed by atoms with van der Waals surface area (Å²) in [4.78, 5) is 23.5. The molecule has 0 unspecified atom stereocenters. The number of rotatable bonds is 4. The third-order valence-corrected chi connectivity index (χ3v) is 4.07. The van der Waals surface area contributed by atoms with Crippen molar-refractivity contribution in [2.45, 2.75) is 19.8 Å². The number of anilines is 2. The molecule has 6 nitrogen and oxygen atoms in total.